The van der Waals surface area contributed by atoms with Crippen molar-refractivity contribution < 1.29 is 4.79 Å². The normalized spacial score (nSPS) is 20.8. The lowest BCUT2D eigenvalue weighted by Gasteiger charge is -2.42. The molecule has 21 heavy (non-hydrogen) atoms. The second kappa shape index (κ2) is 7.73. The number of benzene rings is 1. The van der Waals surface area contributed by atoms with Crippen LogP contribution in [0.15, 0.2) is 29.2 Å². The van der Waals surface area contributed by atoms with E-state index in [1.807, 2.05) is 29.2 Å². The number of nitrogens with two attached hydrogens (primary N) is 1. The molecule has 1 aromatic rings. The van der Waals surface area contributed by atoms with Crippen LogP contribution in [-0.4, -0.2) is 35.7 Å². The number of rotatable bonds is 3. The number of hydrogen-bond acceptors (Lipinski definition) is 3. The Hall–Kier alpha value is -0.420. The zero-order chi connectivity index (χ0) is 14.8. The largest absolute Gasteiger partial charge is 0.341 e. The molecule has 1 fully saturated rings. The first-order valence-electron chi connectivity index (χ1n) is 6.81. The lowest BCUT2D eigenvalue weighted by Crippen LogP contribution is -2.54. The van der Waals surface area contributed by atoms with Gasteiger partial charge < -0.3 is 10.6 Å². The predicted molar refractivity (Wildman–Crippen MR) is 92.4 cm³/mol. The summed E-state index contributed by atoms with van der Waals surface area (Å²) < 4.78 is 0. The molecule has 1 saturated heterocycles. The highest BCUT2D eigenvalue weighted by Gasteiger charge is 2.35. The van der Waals surface area contributed by atoms with Crippen LogP contribution in [0.5, 0.6) is 0 Å². The van der Waals surface area contributed by atoms with Gasteiger partial charge in [-0.25, -0.2) is 0 Å². The summed E-state index contributed by atoms with van der Waals surface area (Å²) in [5.74, 6) is 0.588. The Morgan fingerprint density at radius 1 is 1.48 bits per heavy atom. The van der Waals surface area contributed by atoms with Gasteiger partial charge in [-0.3, -0.25) is 4.79 Å². The fourth-order valence-corrected chi connectivity index (χ4v) is 3.52. The van der Waals surface area contributed by atoms with Gasteiger partial charge in [0, 0.05) is 24.0 Å². The number of piperidine rings is 1. The minimum Gasteiger partial charge on any atom is -0.341 e. The van der Waals surface area contributed by atoms with Crippen molar-refractivity contribution in [1.82, 2.24) is 4.90 Å². The molecule has 2 N–H and O–H groups in total. The van der Waals surface area contributed by atoms with Gasteiger partial charge in [-0.15, -0.1) is 24.2 Å². The van der Waals surface area contributed by atoms with Crippen molar-refractivity contribution in [3.05, 3.63) is 29.3 Å². The average Bonchev–Trinajstić information content (AvgIpc) is 2.40. The Bertz CT molecular complexity index is 496. The van der Waals surface area contributed by atoms with Gasteiger partial charge in [0.2, 0.25) is 5.91 Å². The number of amides is 1. The maximum absolute atomic E-state index is 12.3. The van der Waals surface area contributed by atoms with Gasteiger partial charge in [0.1, 0.15) is 0 Å². The molecule has 1 amide bonds. The van der Waals surface area contributed by atoms with Crippen molar-refractivity contribution in [3.8, 4) is 0 Å². The van der Waals surface area contributed by atoms with Gasteiger partial charge in [-0.1, -0.05) is 37.6 Å². The second-order valence-corrected chi connectivity index (χ2v) is 7.34. The van der Waals surface area contributed by atoms with E-state index in [0.29, 0.717) is 10.8 Å². The quantitative estimate of drug-likeness (QED) is 0.851. The summed E-state index contributed by atoms with van der Waals surface area (Å²) in [5, 5.41) is 0.700. The van der Waals surface area contributed by atoms with Crippen molar-refractivity contribution in [1.29, 1.82) is 0 Å². The number of hydrogen-bond donors (Lipinski definition) is 1. The minimum atomic E-state index is -0.0109. The summed E-state index contributed by atoms with van der Waals surface area (Å²) in [6, 6.07) is 7.78. The third-order valence-electron chi connectivity index (χ3n) is 3.85. The lowest BCUT2D eigenvalue weighted by molar-refractivity contribution is -0.131. The number of nitrogens with zero attached hydrogens (tertiary/aromatic N) is 1. The Morgan fingerprint density at radius 3 is 2.76 bits per heavy atom. The summed E-state index contributed by atoms with van der Waals surface area (Å²) in [6.07, 6.45) is 0.871. The molecule has 0 aliphatic carbocycles. The number of likely N-dealkylation sites (tertiary alicyclic amines) is 1. The highest BCUT2D eigenvalue weighted by molar-refractivity contribution is 8.00. The van der Waals surface area contributed by atoms with Crippen LogP contribution in [0.25, 0.3) is 0 Å². The zero-order valence-corrected chi connectivity index (χ0v) is 14.7. The molecule has 3 nitrogen and oxygen atoms in total. The van der Waals surface area contributed by atoms with E-state index in [9.17, 15) is 4.79 Å². The topological polar surface area (TPSA) is 46.3 Å². The van der Waals surface area contributed by atoms with Crippen LogP contribution in [0.3, 0.4) is 0 Å². The molecular formula is C15H22Cl2N2OS. The Balaban J connectivity index is 0.00000220. The fraction of sp³-hybridized carbons (Fsp3) is 0.533. The van der Waals surface area contributed by atoms with E-state index < -0.39 is 0 Å². The number of thioether (sulfide) groups is 1. The first kappa shape index (κ1) is 18.6. The molecule has 1 aliphatic rings. The van der Waals surface area contributed by atoms with Crippen molar-refractivity contribution in [2.45, 2.75) is 31.2 Å². The molecule has 0 saturated carbocycles. The van der Waals surface area contributed by atoms with Gasteiger partial charge in [0.05, 0.1) is 10.8 Å². The third kappa shape index (κ3) is 4.78. The van der Waals surface area contributed by atoms with E-state index in [1.54, 1.807) is 0 Å². The Labute approximate surface area is 142 Å². The molecule has 0 aromatic heterocycles. The standard InChI is InChI=1S/C15H21ClN2OS.ClH/c1-15(2)10-18(8-7-13(15)17)14(19)9-20-12-6-4-3-5-11(12)16;/h3-6,13H,7-10,17H2,1-2H3;1H. The first-order valence-corrected chi connectivity index (χ1v) is 8.17. The van der Waals surface area contributed by atoms with E-state index in [-0.39, 0.29) is 29.8 Å². The monoisotopic (exact) mass is 348 g/mol. The minimum absolute atomic E-state index is 0. The van der Waals surface area contributed by atoms with Crippen LogP contribution < -0.4 is 5.73 Å². The molecule has 6 heteroatoms. The van der Waals surface area contributed by atoms with Crippen LogP contribution >= 0.6 is 35.8 Å². The smallest absolute Gasteiger partial charge is 0.232 e. The summed E-state index contributed by atoms with van der Waals surface area (Å²) >= 11 is 7.59. The van der Waals surface area contributed by atoms with E-state index in [1.165, 1.54) is 11.8 Å². The van der Waals surface area contributed by atoms with Crippen molar-refractivity contribution in [2.75, 3.05) is 18.8 Å². The van der Waals surface area contributed by atoms with E-state index in [4.69, 9.17) is 17.3 Å². The number of carbonyl (C=O) groups excluding carboxylic acids is 1. The number of halogens is 2. The van der Waals surface area contributed by atoms with Gasteiger partial charge in [0.25, 0.3) is 0 Å². The molecule has 1 heterocycles. The zero-order valence-electron chi connectivity index (χ0n) is 12.3. The predicted octanol–water partition coefficient (Wildman–Crippen LogP) is 3.44. The molecule has 0 bridgehead atoms. The third-order valence-corrected chi connectivity index (χ3v) is 5.35. The highest BCUT2D eigenvalue weighted by atomic mass is 35.5. The van der Waals surface area contributed by atoms with Crippen LogP contribution in [0, 0.1) is 5.41 Å². The molecule has 0 spiro atoms. The summed E-state index contributed by atoms with van der Waals surface area (Å²) in [5.41, 5.74) is 6.09. The maximum Gasteiger partial charge on any atom is 0.232 e. The van der Waals surface area contributed by atoms with Crippen LogP contribution in [0.1, 0.15) is 20.3 Å². The van der Waals surface area contributed by atoms with Crippen LogP contribution in [-0.2, 0) is 4.79 Å². The molecular weight excluding hydrogens is 327 g/mol. The van der Waals surface area contributed by atoms with Crippen molar-refractivity contribution >= 4 is 41.7 Å². The maximum atomic E-state index is 12.3. The summed E-state index contributed by atoms with van der Waals surface area (Å²) in [7, 11) is 0. The summed E-state index contributed by atoms with van der Waals surface area (Å²) in [6.45, 7) is 5.74. The second-order valence-electron chi connectivity index (χ2n) is 5.92. The lowest BCUT2D eigenvalue weighted by atomic mass is 9.80. The number of carbonyl (C=O) groups is 1. The van der Waals surface area contributed by atoms with Gasteiger partial charge >= 0.3 is 0 Å². The van der Waals surface area contributed by atoms with Crippen molar-refractivity contribution in [3.63, 3.8) is 0 Å². The van der Waals surface area contributed by atoms with E-state index in [2.05, 4.69) is 13.8 Å². The molecule has 2 rings (SSSR count). The van der Waals surface area contributed by atoms with E-state index in [0.717, 1.165) is 24.4 Å². The molecule has 1 unspecified atom stereocenters. The van der Waals surface area contributed by atoms with Crippen LogP contribution in [0.4, 0.5) is 0 Å². The SMILES string of the molecule is CC1(C)CN(C(=O)CSc2ccccc2Cl)CCC1N.Cl. The average molecular weight is 349 g/mol. The van der Waals surface area contributed by atoms with Gasteiger partial charge in [0.15, 0.2) is 0 Å². The summed E-state index contributed by atoms with van der Waals surface area (Å²) in [4.78, 5) is 15.2. The fourth-order valence-electron chi connectivity index (χ4n) is 2.38. The Morgan fingerprint density at radius 2 is 2.14 bits per heavy atom. The first-order chi connectivity index (χ1) is 9.40. The highest BCUT2D eigenvalue weighted by Crippen LogP contribution is 2.30. The van der Waals surface area contributed by atoms with Crippen LogP contribution in [0.2, 0.25) is 5.02 Å². The molecule has 0 radical (unpaired) electrons. The van der Waals surface area contributed by atoms with E-state index >= 15 is 0 Å². The van der Waals surface area contributed by atoms with Crippen molar-refractivity contribution in [2.24, 2.45) is 11.1 Å². The van der Waals surface area contributed by atoms with Gasteiger partial charge in [-0.05, 0) is 24.0 Å². The molecule has 1 aliphatic heterocycles. The molecule has 118 valence electrons. The van der Waals surface area contributed by atoms with Gasteiger partial charge in [-0.2, -0.15) is 0 Å². The molecule has 1 atom stereocenters. The molecule has 1 aromatic carbocycles. The Kier molecular flexibility index (Phi) is 6.85.